The van der Waals surface area contributed by atoms with Crippen molar-refractivity contribution < 1.29 is 4.79 Å². The van der Waals surface area contributed by atoms with Gasteiger partial charge in [-0.15, -0.1) is 0 Å². The fraction of sp³-hybridized carbons (Fsp3) is 0. The predicted molar refractivity (Wildman–Crippen MR) is 78.4 cm³/mol. The number of nitrogens with one attached hydrogen (secondary N) is 1. The van der Waals surface area contributed by atoms with Crippen molar-refractivity contribution in [2.45, 2.75) is 0 Å². The Labute approximate surface area is 123 Å². The number of amides is 1. The first-order valence-electron chi connectivity index (χ1n) is 5.35. The topological polar surface area (TPSA) is 54.4 Å². The Bertz CT molecular complexity index is 614. The summed E-state index contributed by atoms with van der Waals surface area (Å²) in [6.07, 6.45) is 4.62. The van der Waals surface area contributed by atoms with Gasteiger partial charge in [-0.2, -0.15) is 5.10 Å². The quantitative estimate of drug-likeness (QED) is 0.690. The molecule has 4 nitrogen and oxygen atoms in total. The van der Waals surface area contributed by atoms with Crippen molar-refractivity contribution in [3.8, 4) is 0 Å². The molecule has 0 radical (unpaired) electrons. The smallest absolute Gasteiger partial charge is 0.267 e. The fourth-order valence-corrected chi connectivity index (χ4v) is 1.81. The maximum Gasteiger partial charge on any atom is 0.272 e. The summed E-state index contributed by atoms with van der Waals surface area (Å²) in [5.74, 6) is -0.320. The minimum atomic E-state index is -0.320. The molecule has 2 rings (SSSR count). The fourth-order valence-electron chi connectivity index (χ4n) is 1.31. The second-order valence-electron chi connectivity index (χ2n) is 3.64. The number of hydrogen-bond donors (Lipinski definition) is 1. The molecule has 0 aliphatic heterocycles. The molecule has 0 spiro atoms. The lowest BCUT2D eigenvalue weighted by Gasteiger charge is -1.99. The van der Waals surface area contributed by atoms with Crippen LogP contribution in [0.2, 0.25) is 5.02 Å². The molecule has 1 N–H and O–H groups in total. The Kier molecular flexibility index (Phi) is 4.65. The van der Waals surface area contributed by atoms with E-state index in [4.69, 9.17) is 11.6 Å². The molecule has 0 bridgehead atoms. The Balaban J connectivity index is 1.98. The number of hydrazone groups is 1. The van der Waals surface area contributed by atoms with Gasteiger partial charge in [0.2, 0.25) is 0 Å². The monoisotopic (exact) mass is 337 g/mol. The van der Waals surface area contributed by atoms with Gasteiger partial charge in [0.1, 0.15) is 0 Å². The van der Waals surface area contributed by atoms with Crippen LogP contribution in [0.1, 0.15) is 15.9 Å². The minimum absolute atomic E-state index is 0.320. The molecule has 96 valence electrons. The van der Waals surface area contributed by atoms with Crippen molar-refractivity contribution >= 4 is 39.7 Å². The summed E-state index contributed by atoms with van der Waals surface area (Å²) < 4.78 is 0.738. The largest absolute Gasteiger partial charge is 0.272 e. The van der Waals surface area contributed by atoms with E-state index in [0.717, 1.165) is 10.0 Å². The normalized spacial score (nSPS) is 10.6. The van der Waals surface area contributed by atoms with E-state index in [1.54, 1.807) is 42.7 Å². The third-order valence-corrected chi connectivity index (χ3v) is 2.90. The number of carbonyl (C=O) groups excluding carboxylic acids is 1. The summed E-state index contributed by atoms with van der Waals surface area (Å²) in [6, 6.07) is 8.78. The number of hydrogen-bond acceptors (Lipinski definition) is 3. The summed E-state index contributed by atoms with van der Waals surface area (Å²) in [5, 5.41) is 4.52. The van der Waals surface area contributed by atoms with Gasteiger partial charge in [0.15, 0.2) is 0 Å². The molecule has 0 aliphatic rings. The SMILES string of the molecule is O=C(NN=Cc1ccc(Cl)cc1)c1cncc(Br)c1. The molecule has 2 aromatic rings. The molecule has 0 fully saturated rings. The highest BCUT2D eigenvalue weighted by Gasteiger charge is 2.04. The van der Waals surface area contributed by atoms with Crippen LogP contribution >= 0.6 is 27.5 Å². The highest BCUT2D eigenvalue weighted by Crippen LogP contribution is 2.09. The standard InChI is InChI=1S/C13H9BrClN3O/c14-11-5-10(7-16-8-11)13(19)18-17-6-9-1-3-12(15)4-2-9/h1-8H,(H,18,19). The molecule has 19 heavy (non-hydrogen) atoms. The summed E-state index contributed by atoms with van der Waals surface area (Å²) in [5.41, 5.74) is 3.70. The van der Waals surface area contributed by atoms with Gasteiger partial charge in [0.25, 0.3) is 5.91 Å². The highest BCUT2D eigenvalue weighted by molar-refractivity contribution is 9.10. The molecule has 0 unspecified atom stereocenters. The molecule has 0 atom stereocenters. The zero-order chi connectivity index (χ0) is 13.7. The first kappa shape index (κ1) is 13.7. The number of rotatable bonds is 3. The number of pyridine rings is 1. The average molecular weight is 339 g/mol. The van der Waals surface area contributed by atoms with Crippen LogP contribution < -0.4 is 5.43 Å². The molecule has 1 heterocycles. The molecule has 1 aromatic heterocycles. The van der Waals surface area contributed by atoms with Crippen molar-refractivity contribution in [1.29, 1.82) is 0 Å². The molecule has 1 amide bonds. The van der Waals surface area contributed by atoms with Gasteiger partial charge in [0.05, 0.1) is 11.8 Å². The first-order valence-corrected chi connectivity index (χ1v) is 6.52. The molecular weight excluding hydrogens is 330 g/mol. The second-order valence-corrected chi connectivity index (χ2v) is 4.99. The van der Waals surface area contributed by atoms with Crippen LogP contribution in [0.3, 0.4) is 0 Å². The summed E-state index contributed by atoms with van der Waals surface area (Å²) in [4.78, 5) is 15.6. The van der Waals surface area contributed by atoms with E-state index < -0.39 is 0 Å². The zero-order valence-electron chi connectivity index (χ0n) is 9.68. The second kappa shape index (κ2) is 6.45. The summed E-state index contributed by atoms with van der Waals surface area (Å²) in [6.45, 7) is 0. The van der Waals surface area contributed by atoms with Crippen molar-refractivity contribution in [3.05, 3.63) is 63.3 Å². The number of halogens is 2. The van der Waals surface area contributed by atoms with Crippen LogP contribution in [0.4, 0.5) is 0 Å². The Hall–Kier alpha value is -1.72. The third kappa shape index (κ3) is 4.15. The first-order chi connectivity index (χ1) is 9.15. The maximum absolute atomic E-state index is 11.7. The number of nitrogens with zero attached hydrogens (tertiary/aromatic N) is 2. The van der Waals surface area contributed by atoms with Gasteiger partial charge in [0, 0.05) is 21.9 Å². The van der Waals surface area contributed by atoms with Gasteiger partial charge < -0.3 is 0 Å². The van der Waals surface area contributed by atoms with Crippen LogP contribution in [0, 0.1) is 0 Å². The Morgan fingerprint density at radius 1 is 1.32 bits per heavy atom. The number of carbonyl (C=O) groups is 1. The number of aromatic nitrogens is 1. The van der Waals surface area contributed by atoms with E-state index in [-0.39, 0.29) is 5.91 Å². The van der Waals surface area contributed by atoms with E-state index in [9.17, 15) is 4.79 Å². The van der Waals surface area contributed by atoms with E-state index in [1.807, 2.05) is 0 Å². The van der Waals surface area contributed by atoms with E-state index in [2.05, 4.69) is 31.4 Å². The van der Waals surface area contributed by atoms with Gasteiger partial charge >= 0.3 is 0 Å². The average Bonchev–Trinajstić information content (AvgIpc) is 2.41. The predicted octanol–water partition coefficient (Wildman–Crippen LogP) is 3.26. The summed E-state index contributed by atoms with van der Waals surface area (Å²) >= 11 is 9.01. The van der Waals surface area contributed by atoms with Crippen LogP contribution in [-0.4, -0.2) is 17.1 Å². The molecule has 6 heteroatoms. The van der Waals surface area contributed by atoms with Crippen LogP contribution in [0.25, 0.3) is 0 Å². The summed E-state index contributed by atoms with van der Waals surface area (Å²) in [7, 11) is 0. The van der Waals surface area contributed by atoms with Gasteiger partial charge in [-0.25, -0.2) is 5.43 Å². The third-order valence-electron chi connectivity index (χ3n) is 2.22. The zero-order valence-corrected chi connectivity index (χ0v) is 12.0. The van der Waals surface area contributed by atoms with E-state index in [0.29, 0.717) is 10.6 Å². The van der Waals surface area contributed by atoms with Crippen LogP contribution in [-0.2, 0) is 0 Å². The molecule has 1 aromatic carbocycles. The van der Waals surface area contributed by atoms with Crippen molar-refractivity contribution in [2.24, 2.45) is 5.10 Å². The van der Waals surface area contributed by atoms with E-state index >= 15 is 0 Å². The lowest BCUT2D eigenvalue weighted by Crippen LogP contribution is -2.17. The number of benzene rings is 1. The van der Waals surface area contributed by atoms with Crippen molar-refractivity contribution in [3.63, 3.8) is 0 Å². The Morgan fingerprint density at radius 2 is 2.05 bits per heavy atom. The van der Waals surface area contributed by atoms with Crippen LogP contribution in [0.15, 0.2) is 52.3 Å². The van der Waals surface area contributed by atoms with Crippen molar-refractivity contribution in [1.82, 2.24) is 10.4 Å². The molecule has 0 aliphatic carbocycles. The maximum atomic E-state index is 11.7. The minimum Gasteiger partial charge on any atom is -0.267 e. The Morgan fingerprint density at radius 3 is 2.74 bits per heavy atom. The molecule has 0 saturated heterocycles. The highest BCUT2D eigenvalue weighted by atomic mass is 79.9. The lowest BCUT2D eigenvalue weighted by molar-refractivity contribution is 0.0954. The van der Waals surface area contributed by atoms with Gasteiger partial charge in [-0.05, 0) is 39.7 Å². The lowest BCUT2D eigenvalue weighted by atomic mass is 10.2. The molecular formula is C13H9BrClN3O. The van der Waals surface area contributed by atoms with Gasteiger partial charge in [-0.3, -0.25) is 9.78 Å². The van der Waals surface area contributed by atoms with Crippen LogP contribution in [0.5, 0.6) is 0 Å². The van der Waals surface area contributed by atoms with Crippen molar-refractivity contribution in [2.75, 3.05) is 0 Å². The van der Waals surface area contributed by atoms with E-state index in [1.165, 1.54) is 6.20 Å². The molecule has 0 saturated carbocycles. The van der Waals surface area contributed by atoms with Gasteiger partial charge in [-0.1, -0.05) is 23.7 Å².